The van der Waals surface area contributed by atoms with E-state index in [1.165, 1.54) is 0 Å². The third-order valence-corrected chi connectivity index (χ3v) is 6.66. The van der Waals surface area contributed by atoms with Gasteiger partial charge in [0.2, 0.25) is 10.0 Å². The summed E-state index contributed by atoms with van der Waals surface area (Å²) in [6.45, 7) is 10.5. The van der Waals surface area contributed by atoms with Gasteiger partial charge in [0.1, 0.15) is 0 Å². The molecule has 182 valence electrons. The van der Waals surface area contributed by atoms with Gasteiger partial charge in [-0.2, -0.15) is 5.10 Å². The van der Waals surface area contributed by atoms with E-state index < -0.39 is 10.0 Å². The summed E-state index contributed by atoms with van der Waals surface area (Å²) < 4.78 is 27.6. The Morgan fingerprint density at radius 1 is 1.03 bits per heavy atom. The van der Waals surface area contributed by atoms with Gasteiger partial charge in [0, 0.05) is 17.6 Å². The number of aromatic nitrogens is 2. The Hall–Kier alpha value is -3.17. The molecule has 3 rings (SSSR count). The number of carbonyl (C=O) groups excluding carboxylic acids is 1. The first-order chi connectivity index (χ1) is 16.0. The number of benzene rings is 2. The molecule has 0 atom stereocenters. The standard InChI is InChI=1S/C25H33N5O3S/c1-6-34(32,33)27-16-19-10-12-20(13-11-19)28-24(31)26-17-22-15-23(25(3,4)5)29-30(22)21-9-7-8-18(2)14-21/h7-15,27H,6,16-17H2,1-5H3,(H2,26,28,31). The fourth-order valence-corrected chi connectivity index (χ4v) is 3.83. The molecule has 0 spiro atoms. The fourth-order valence-electron chi connectivity index (χ4n) is 3.24. The predicted octanol–water partition coefficient (Wildman–Crippen LogP) is 4.24. The van der Waals surface area contributed by atoms with Crippen LogP contribution < -0.4 is 15.4 Å². The van der Waals surface area contributed by atoms with E-state index >= 15 is 0 Å². The van der Waals surface area contributed by atoms with Crippen LogP contribution in [0.5, 0.6) is 0 Å². The number of sulfonamides is 1. The van der Waals surface area contributed by atoms with Crippen molar-refractivity contribution in [1.82, 2.24) is 19.8 Å². The van der Waals surface area contributed by atoms with E-state index in [2.05, 4.69) is 42.2 Å². The highest BCUT2D eigenvalue weighted by molar-refractivity contribution is 7.89. The van der Waals surface area contributed by atoms with E-state index in [1.54, 1.807) is 31.2 Å². The molecule has 1 heterocycles. The molecular weight excluding hydrogens is 450 g/mol. The molecule has 0 bridgehead atoms. The van der Waals surface area contributed by atoms with Crippen molar-refractivity contribution in [3.63, 3.8) is 0 Å². The van der Waals surface area contributed by atoms with Crippen LogP contribution in [0.4, 0.5) is 10.5 Å². The number of rotatable bonds is 8. The second kappa shape index (κ2) is 10.4. The highest BCUT2D eigenvalue weighted by Gasteiger charge is 2.21. The summed E-state index contributed by atoms with van der Waals surface area (Å²) in [6.07, 6.45) is 0. The number of aryl methyl sites for hydroxylation is 1. The summed E-state index contributed by atoms with van der Waals surface area (Å²) in [4.78, 5) is 12.5. The minimum Gasteiger partial charge on any atom is -0.332 e. The van der Waals surface area contributed by atoms with Crippen LogP contribution in [0.15, 0.2) is 54.6 Å². The van der Waals surface area contributed by atoms with Crippen LogP contribution in [0.1, 0.15) is 50.2 Å². The third-order valence-electron chi connectivity index (χ3n) is 5.32. The molecule has 34 heavy (non-hydrogen) atoms. The number of hydrogen-bond acceptors (Lipinski definition) is 4. The molecule has 8 nitrogen and oxygen atoms in total. The predicted molar refractivity (Wildman–Crippen MR) is 136 cm³/mol. The lowest BCUT2D eigenvalue weighted by Crippen LogP contribution is -2.29. The Morgan fingerprint density at radius 2 is 1.74 bits per heavy atom. The van der Waals surface area contributed by atoms with Crippen molar-refractivity contribution in [3.05, 3.63) is 77.1 Å². The van der Waals surface area contributed by atoms with E-state index in [-0.39, 0.29) is 23.7 Å². The summed E-state index contributed by atoms with van der Waals surface area (Å²) in [5.41, 5.74) is 5.20. The first-order valence-electron chi connectivity index (χ1n) is 11.2. The molecule has 3 N–H and O–H groups in total. The Bertz CT molecular complexity index is 1240. The van der Waals surface area contributed by atoms with E-state index in [4.69, 9.17) is 5.10 Å². The topological polar surface area (TPSA) is 105 Å². The van der Waals surface area contributed by atoms with Crippen molar-refractivity contribution in [2.45, 2.75) is 53.1 Å². The van der Waals surface area contributed by atoms with Crippen LogP contribution in [0, 0.1) is 6.92 Å². The summed E-state index contributed by atoms with van der Waals surface area (Å²) in [5.74, 6) is 0.0346. The van der Waals surface area contributed by atoms with Crippen LogP contribution in [-0.4, -0.2) is 30.0 Å². The summed E-state index contributed by atoms with van der Waals surface area (Å²) in [7, 11) is -3.25. The van der Waals surface area contributed by atoms with E-state index in [0.717, 1.165) is 28.2 Å². The Balaban J connectivity index is 1.66. The molecule has 0 aliphatic heterocycles. The van der Waals surface area contributed by atoms with Gasteiger partial charge in [-0.15, -0.1) is 0 Å². The number of amides is 2. The Labute approximate surface area is 201 Å². The van der Waals surface area contributed by atoms with Crippen molar-refractivity contribution >= 4 is 21.7 Å². The van der Waals surface area contributed by atoms with Crippen molar-refractivity contribution < 1.29 is 13.2 Å². The molecule has 0 aliphatic carbocycles. The molecule has 0 saturated heterocycles. The summed E-state index contributed by atoms with van der Waals surface area (Å²) in [5, 5.41) is 10.5. The lowest BCUT2D eigenvalue weighted by molar-refractivity contribution is 0.251. The van der Waals surface area contributed by atoms with Crippen molar-refractivity contribution in [1.29, 1.82) is 0 Å². The van der Waals surface area contributed by atoms with Crippen LogP contribution in [-0.2, 0) is 28.5 Å². The largest absolute Gasteiger partial charge is 0.332 e. The minimum absolute atomic E-state index is 0.0346. The smallest absolute Gasteiger partial charge is 0.319 e. The lowest BCUT2D eigenvalue weighted by Gasteiger charge is -2.14. The van der Waals surface area contributed by atoms with E-state index in [1.807, 2.05) is 35.9 Å². The zero-order chi connectivity index (χ0) is 24.9. The van der Waals surface area contributed by atoms with Crippen molar-refractivity contribution in [2.75, 3.05) is 11.1 Å². The van der Waals surface area contributed by atoms with Gasteiger partial charge in [-0.3, -0.25) is 0 Å². The Kier molecular flexibility index (Phi) is 7.78. The third kappa shape index (κ3) is 6.91. The van der Waals surface area contributed by atoms with Gasteiger partial charge in [0.05, 0.1) is 29.4 Å². The molecular formula is C25H33N5O3S. The number of anilines is 1. The second-order valence-electron chi connectivity index (χ2n) is 9.25. The maximum atomic E-state index is 12.5. The van der Waals surface area contributed by atoms with Gasteiger partial charge in [0.25, 0.3) is 0 Å². The number of hydrogen-bond donors (Lipinski definition) is 3. The molecule has 3 aromatic rings. The number of nitrogens with one attached hydrogen (secondary N) is 3. The van der Waals surface area contributed by atoms with Crippen LogP contribution in [0.3, 0.4) is 0 Å². The average Bonchev–Trinajstić information content (AvgIpc) is 3.22. The zero-order valence-corrected chi connectivity index (χ0v) is 21.2. The molecule has 0 unspecified atom stereocenters. The number of carbonyl (C=O) groups is 1. The van der Waals surface area contributed by atoms with Gasteiger partial charge < -0.3 is 10.6 Å². The van der Waals surface area contributed by atoms with Crippen molar-refractivity contribution in [2.24, 2.45) is 0 Å². The molecule has 1 aromatic heterocycles. The fraction of sp³-hybridized carbons (Fsp3) is 0.360. The SMILES string of the molecule is CCS(=O)(=O)NCc1ccc(NC(=O)NCc2cc(C(C)(C)C)nn2-c2cccc(C)c2)cc1. The lowest BCUT2D eigenvalue weighted by atomic mass is 9.92. The Morgan fingerprint density at radius 3 is 2.35 bits per heavy atom. The molecule has 0 radical (unpaired) electrons. The monoisotopic (exact) mass is 483 g/mol. The molecule has 0 aliphatic rings. The van der Waals surface area contributed by atoms with Gasteiger partial charge >= 0.3 is 6.03 Å². The second-order valence-corrected chi connectivity index (χ2v) is 11.3. The van der Waals surface area contributed by atoms with Crippen LogP contribution in [0.25, 0.3) is 5.69 Å². The molecule has 0 saturated carbocycles. The first kappa shape index (κ1) is 25.5. The average molecular weight is 484 g/mol. The normalized spacial score (nSPS) is 11.9. The number of urea groups is 1. The maximum absolute atomic E-state index is 12.5. The molecule has 0 fully saturated rings. The molecule has 2 amide bonds. The number of nitrogens with zero attached hydrogens (tertiary/aromatic N) is 2. The van der Waals surface area contributed by atoms with Gasteiger partial charge in [-0.1, -0.05) is 45.0 Å². The van der Waals surface area contributed by atoms with Crippen LogP contribution in [0.2, 0.25) is 0 Å². The minimum atomic E-state index is -3.25. The highest BCUT2D eigenvalue weighted by atomic mass is 32.2. The summed E-state index contributed by atoms with van der Waals surface area (Å²) >= 11 is 0. The maximum Gasteiger partial charge on any atom is 0.319 e. The quantitative estimate of drug-likeness (QED) is 0.446. The van der Waals surface area contributed by atoms with Gasteiger partial charge in [-0.25, -0.2) is 22.6 Å². The summed E-state index contributed by atoms with van der Waals surface area (Å²) in [6, 6.07) is 16.8. The van der Waals surface area contributed by atoms with Crippen LogP contribution >= 0.6 is 0 Å². The molecule has 9 heteroatoms. The first-order valence-corrected chi connectivity index (χ1v) is 12.9. The van der Waals surface area contributed by atoms with Gasteiger partial charge in [0.15, 0.2) is 0 Å². The van der Waals surface area contributed by atoms with Gasteiger partial charge in [-0.05, 0) is 55.3 Å². The van der Waals surface area contributed by atoms with E-state index in [9.17, 15) is 13.2 Å². The zero-order valence-electron chi connectivity index (χ0n) is 20.3. The van der Waals surface area contributed by atoms with E-state index in [0.29, 0.717) is 12.2 Å². The highest BCUT2D eigenvalue weighted by Crippen LogP contribution is 2.24. The molecule has 2 aromatic carbocycles. The van der Waals surface area contributed by atoms with Crippen molar-refractivity contribution in [3.8, 4) is 5.69 Å².